The van der Waals surface area contributed by atoms with Crippen molar-refractivity contribution in [2.45, 2.75) is 32.7 Å². The van der Waals surface area contributed by atoms with E-state index in [4.69, 9.17) is 4.98 Å². The van der Waals surface area contributed by atoms with Crippen LogP contribution < -0.4 is 4.90 Å². The standard InChI is InChI=1S/C27H25N3O2/c1-18-12-19(2)14-22(13-18)29-16-21(15-26(29)32)27-28-23-10-6-7-11-24(23)30(27)17-25(31)20-8-4-3-5-9-20/h3-14,21H,15-17H2,1-2H3. The Morgan fingerprint density at radius 3 is 2.41 bits per heavy atom. The second-order valence-electron chi connectivity index (χ2n) is 8.59. The molecule has 5 heteroatoms. The van der Waals surface area contributed by atoms with E-state index in [2.05, 4.69) is 18.2 Å². The highest BCUT2D eigenvalue weighted by atomic mass is 16.2. The number of carbonyl (C=O) groups excluding carboxylic acids is 2. The zero-order valence-electron chi connectivity index (χ0n) is 18.3. The lowest BCUT2D eigenvalue weighted by Crippen LogP contribution is -2.25. The van der Waals surface area contributed by atoms with Crippen LogP contribution in [0.5, 0.6) is 0 Å². The topological polar surface area (TPSA) is 55.2 Å². The van der Waals surface area contributed by atoms with Crippen molar-refractivity contribution in [3.63, 3.8) is 0 Å². The Hall–Kier alpha value is -3.73. The van der Waals surface area contributed by atoms with Crippen LogP contribution in [0.2, 0.25) is 0 Å². The number of hydrogen-bond donors (Lipinski definition) is 0. The number of nitrogens with zero attached hydrogens (tertiary/aromatic N) is 3. The van der Waals surface area contributed by atoms with E-state index in [1.54, 1.807) is 0 Å². The lowest BCUT2D eigenvalue weighted by Gasteiger charge is -2.18. The van der Waals surface area contributed by atoms with Gasteiger partial charge in [-0.2, -0.15) is 0 Å². The minimum Gasteiger partial charge on any atom is -0.320 e. The molecule has 0 radical (unpaired) electrons. The number of ketones is 1. The molecule has 160 valence electrons. The Balaban J connectivity index is 1.51. The molecule has 0 saturated carbocycles. The predicted molar refractivity (Wildman–Crippen MR) is 126 cm³/mol. The maximum absolute atomic E-state index is 13.0. The number of carbonyl (C=O) groups is 2. The van der Waals surface area contributed by atoms with Crippen molar-refractivity contribution in [1.29, 1.82) is 0 Å². The number of hydrogen-bond acceptors (Lipinski definition) is 3. The van der Waals surface area contributed by atoms with Gasteiger partial charge in [0.05, 0.1) is 17.6 Å². The Morgan fingerprint density at radius 1 is 0.969 bits per heavy atom. The van der Waals surface area contributed by atoms with Crippen LogP contribution in [-0.2, 0) is 11.3 Å². The van der Waals surface area contributed by atoms with Crippen LogP contribution in [0.3, 0.4) is 0 Å². The second kappa shape index (κ2) is 8.08. The van der Waals surface area contributed by atoms with E-state index in [-0.39, 0.29) is 24.2 Å². The summed E-state index contributed by atoms with van der Waals surface area (Å²) in [6.45, 7) is 4.85. The third-order valence-corrected chi connectivity index (χ3v) is 6.09. The van der Waals surface area contributed by atoms with E-state index < -0.39 is 0 Å². The molecule has 1 unspecified atom stereocenters. The van der Waals surface area contributed by atoms with Gasteiger partial charge in [0.1, 0.15) is 5.82 Å². The molecule has 4 aromatic rings. The summed E-state index contributed by atoms with van der Waals surface area (Å²) in [6.07, 6.45) is 0.385. The first-order chi connectivity index (χ1) is 15.5. The lowest BCUT2D eigenvalue weighted by molar-refractivity contribution is -0.117. The Labute approximate surface area is 187 Å². The van der Waals surface area contributed by atoms with Crippen molar-refractivity contribution < 1.29 is 9.59 Å². The van der Waals surface area contributed by atoms with Gasteiger partial charge in [-0.3, -0.25) is 9.59 Å². The Kier molecular flexibility index (Phi) is 5.10. The number of Topliss-reactive ketones (excluding diaryl/α,β-unsaturated/α-hetero) is 1. The quantitative estimate of drug-likeness (QED) is 0.422. The van der Waals surface area contributed by atoms with Crippen molar-refractivity contribution in [2.24, 2.45) is 0 Å². The molecule has 0 spiro atoms. The van der Waals surface area contributed by atoms with Gasteiger partial charge in [0, 0.05) is 30.1 Å². The third kappa shape index (κ3) is 3.71. The summed E-state index contributed by atoms with van der Waals surface area (Å²) < 4.78 is 1.99. The van der Waals surface area contributed by atoms with Gasteiger partial charge in [-0.05, 0) is 49.2 Å². The molecule has 32 heavy (non-hydrogen) atoms. The monoisotopic (exact) mass is 423 g/mol. The van der Waals surface area contributed by atoms with E-state index in [1.807, 2.05) is 77.9 Å². The Bertz CT molecular complexity index is 1300. The van der Waals surface area contributed by atoms with Gasteiger partial charge >= 0.3 is 0 Å². The Morgan fingerprint density at radius 2 is 1.66 bits per heavy atom. The largest absolute Gasteiger partial charge is 0.320 e. The molecule has 0 aliphatic carbocycles. The molecular formula is C27H25N3O2. The van der Waals surface area contributed by atoms with Crippen molar-refractivity contribution in [3.8, 4) is 0 Å². The maximum Gasteiger partial charge on any atom is 0.227 e. The van der Waals surface area contributed by atoms with E-state index in [0.717, 1.165) is 33.7 Å². The fraction of sp³-hybridized carbons (Fsp3) is 0.222. The summed E-state index contributed by atoms with van der Waals surface area (Å²) in [7, 11) is 0. The highest BCUT2D eigenvalue weighted by molar-refractivity contribution is 5.98. The zero-order valence-corrected chi connectivity index (χ0v) is 18.3. The van der Waals surface area contributed by atoms with Gasteiger partial charge in [0.25, 0.3) is 0 Å². The number of amides is 1. The molecule has 1 fully saturated rings. The highest BCUT2D eigenvalue weighted by Crippen LogP contribution is 2.34. The SMILES string of the molecule is Cc1cc(C)cc(N2CC(c3nc4ccccc4n3CC(=O)c3ccccc3)CC2=O)c1. The average Bonchev–Trinajstić information content (AvgIpc) is 3.34. The van der Waals surface area contributed by atoms with Gasteiger partial charge in [0.15, 0.2) is 5.78 Å². The zero-order chi connectivity index (χ0) is 22.2. The van der Waals surface area contributed by atoms with E-state index in [0.29, 0.717) is 18.5 Å². The van der Waals surface area contributed by atoms with Crippen LogP contribution in [0.15, 0.2) is 72.8 Å². The second-order valence-corrected chi connectivity index (χ2v) is 8.59. The molecule has 1 aliphatic rings. The maximum atomic E-state index is 13.0. The van der Waals surface area contributed by atoms with Crippen molar-refractivity contribution in [2.75, 3.05) is 11.4 Å². The number of rotatable bonds is 5. The number of para-hydroxylation sites is 2. The third-order valence-electron chi connectivity index (χ3n) is 6.09. The van der Waals surface area contributed by atoms with E-state index in [1.165, 1.54) is 0 Å². The normalized spacial score (nSPS) is 16.1. The summed E-state index contributed by atoms with van der Waals surface area (Å²) in [4.78, 5) is 32.7. The van der Waals surface area contributed by atoms with Gasteiger partial charge in [-0.15, -0.1) is 0 Å². The smallest absolute Gasteiger partial charge is 0.227 e. The molecule has 1 aliphatic heterocycles. The first kappa shape index (κ1) is 20.2. The summed E-state index contributed by atoms with van der Waals surface area (Å²) >= 11 is 0. The van der Waals surface area contributed by atoms with Crippen LogP contribution in [0, 0.1) is 13.8 Å². The molecule has 5 nitrogen and oxygen atoms in total. The van der Waals surface area contributed by atoms with Gasteiger partial charge in [-0.25, -0.2) is 4.98 Å². The first-order valence-corrected chi connectivity index (χ1v) is 10.9. The molecule has 1 saturated heterocycles. The van der Waals surface area contributed by atoms with Crippen LogP contribution in [-0.4, -0.2) is 27.8 Å². The minimum atomic E-state index is -0.0701. The van der Waals surface area contributed by atoms with Crippen LogP contribution in [0.25, 0.3) is 11.0 Å². The number of anilines is 1. The predicted octanol–water partition coefficient (Wildman–Crippen LogP) is 5.06. The van der Waals surface area contributed by atoms with Crippen LogP contribution in [0.4, 0.5) is 5.69 Å². The number of imidazole rings is 1. The molecule has 0 bridgehead atoms. The molecule has 2 heterocycles. The number of benzene rings is 3. The van der Waals surface area contributed by atoms with Crippen molar-refractivity contribution in [1.82, 2.24) is 9.55 Å². The number of fused-ring (bicyclic) bond motifs is 1. The van der Waals surface area contributed by atoms with E-state index in [9.17, 15) is 9.59 Å². The molecule has 5 rings (SSSR count). The molecule has 1 aromatic heterocycles. The molecule has 1 atom stereocenters. The van der Waals surface area contributed by atoms with Gasteiger partial charge in [-0.1, -0.05) is 48.5 Å². The van der Waals surface area contributed by atoms with Crippen molar-refractivity contribution in [3.05, 3.63) is 95.3 Å². The van der Waals surface area contributed by atoms with Crippen LogP contribution in [0.1, 0.15) is 39.6 Å². The summed E-state index contributed by atoms with van der Waals surface area (Å²) in [5.41, 5.74) is 5.65. The fourth-order valence-electron chi connectivity index (χ4n) is 4.67. The van der Waals surface area contributed by atoms with Crippen LogP contribution >= 0.6 is 0 Å². The average molecular weight is 424 g/mol. The highest BCUT2D eigenvalue weighted by Gasteiger charge is 2.35. The molecular weight excluding hydrogens is 398 g/mol. The minimum absolute atomic E-state index is 0.0329. The van der Waals surface area contributed by atoms with Gasteiger partial charge < -0.3 is 9.47 Å². The molecule has 3 aromatic carbocycles. The lowest BCUT2D eigenvalue weighted by atomic mass is 10.1. The first-order valence-electron chi connectivity index (χ1n) is 10.9. The fourth-order valence-corrected chi connectivity index (χ4v) is 4.67. The molecule has 0 N–H and O–H groups in total. The summed E-state index contributed by atoms with van der Waals surface area (Å²) in [5, 5.41) is 0. The number of aryl methyl sites for hydroxylation is 2. The molecule has 1 amide bonds. The van der Waals surface area contributed by atoms with Crippen molar-refractivity contribution >= 4 is 28.4 Å². The van der Waals surface area contributed by atoms with E-state index >= 15 is 0 Å². The summed E-state index contributed by atoms with van der Waals surface area (Å²) in [5.74, 6) is 0.855. The number of aromatic nitrogens is 2. The van der Waals surface area contributed by atoms with Gasteiger partial charge in [0.2, 0.25) is 5.91 Å². The summed E-state index contributed by atoms with van der Waals surface area (Å²) in [6, 6.07) is 23.4.